The molecule has 2 unspecified atom stereocenters. The summed E-state index contributed by atoms with van der Waals surface area (Å²) in [5.74, 6) is 0.586. The standard InChI is InChI=1S/C27H32BrNO4/c1-25-11-10-23(31)29(16-17-3-5-18(28)6-4-17)22(25)8-7-19-20-9-12-27(32-13-14-33-27)26(20,2)15-21(30)24(19)25/h3-6,8,19-20,24H,7,9-16H2,1-2H3/t19?,20-,24+,25?,26-/m0/s1. The molecule has 0 bridgehead atoms. The largest absolute Gasteiger partial charge is 0.347 e. The molecule has 176 valence electrons. The fourth-order valence-corrected chi connectivity index (χ4v) is 8.37. The molecule has 1 spiro atoms. The van der Waals surface area contributed by atoms with E-state index in [-0.39, 0.29) is 22.7 Å². The average molecular weight is 514 g/mol. The van der Waals surface area contributed by atoms with Crippen molar-refractivity contribution in [2.45, 2.75) is 64.7 Å². The molecule has 1 amide bonds. The molecule has 6 rings (SSSR count). The van der Waals surface area contributed by atoms with Crippen LogP contribution in [0.1, 0.15) is 57.9 Å². The van der Waals surface area contributed by atoms with Gasteiger partial charge in [0.05, 0.1) is 19.8 Å². The van der Waals surface area contributed by atoms with Crippen molar-refractivity contribution in [3.63, 3.8) is 0 Å². The number of Topliss-reactive ketones (excluding diaryl/α,β-unsaturated/α-hetero) is 1. The van der Waals surface area contributed by atoms with Gasteiger partial charge < -0.3 is 14.4 Å². The minimum atomic E-state index is -0.584. The van der Waals surface area contributed by atoms with E-state index in [9.17, 15) is 9.59 Å². The summed E-state index contributed by atoms with van der Waals surface area (Å²) in [5.41, 5.74) is 1.62. The number of carbonyl (C=O) groups excluding carboxylic acids is 2. The zero-order valence-electron chi connectivity index (χ0n) is 19.4. The number of piperidine rings is 1. The first-order chi connectivity index (χ1) is 15.8. The molecule has 2 heterocycles. The van der Waals surface area contributed by atoms with Crippen LogP contribution in [0.3, 0.4) is 0 Å². The van der Waals surface area contributed by atoms with Gasteiger partial charge in [-0.05, 0) is 48.8 Å². The molecule has 0 N–H and O–H groups in total. The van der Waals surface area contributed by atoms with Gasteiger partial charge >= 0.3 is 0 Å². The van der Waals surface area contributed by atoms with Gasteiger partial charge in [-0.3, -0.25) is 9.59 Å². The van der Waals surface area contributed by atoms with Crippen molar-refractivity contribution in [1.29, 1.82) is 0 Å². The Kier molecular flexibility index (Phi) is 5.00. The molecular formula is C27H32BrNO4. The number of rotatable bonds is 2. The maximum atomic E-state index is 13.9. The smallest absolute Gasteiger partial charge is 0.227 e. The molecule has 5 aliphatic rings. The highest BCUT2D eigenvalue weighted by Gasteiger charge is 2.69. The molecule has 2 aliphatic heterocycles. The summed E-state index contributed by atoms with van der Waals surface area (Å²) in [6.07, 6.45) is 6.83. The van der Waals surface area contributed by atoms with Crippen LogP contribution in [0.25, 0.3) is 0 Å². The number of hydrogen-bond acceptors (Lipinski definition) is 4. The number of amides is 1. The average Bonchev–Trinajstić information content (AvgIpc) is 3.37. The topological polar surface area (TPSA) is 55.8 Å². The van der Waals surface area contributed by atoms with Crippen molar-refractivity contribution < 1.29 is 19.1 Å². The first-order valence-corrected chi connectivity index (χ1v) is 13.1. The third-order valence-corrected chi connectivity index (χ3v) is 10.1. The van der Waals surface area contributed by atoms with Gasteiger partial charge in [-0.1, -0.05) is 48.0 Å². The third-order valence-electron chi connectivity index (χ3n) is 9.62. The minimum absolute atomic E-state index is 0.0346. The Labute approximate surface area is 204 Å². The predicted molar refractivity (Wildman–Crippen MR) is 127 cm³/mol. The molecule has 5 atom stereocenters. The number of likely N-dealkylation sites (tertiary alicyclic amines) is 1. The van der Waals surface area contributed by atoms with E-state index in [2.05, 4.69) is 48.0 Å². The van der Waals surface area contributed by atoms with Crippen LogP contribution in [0, 0.1) is 28.6 Å². The van der Waals surface area contributed by atoms with Gasteiger partial charge in [0.15, 0.2) is 5.79 Å². The lowest BCUT2D eigenvalue weighted by molar-refractivity contribution is -0.238. The van der Waals surface area contributed by atoms with Gasteiger partial charge in [0.25, 0.3) is 0 Å². The van der Waals surface area contributed by atoms with Gasteiger partial charge in [0.1, 0.15) is 5.78 Å². The molecule has 6 heteroatoms. The molecule has 0 aromatic heterocycles. The molecule has 2 saturated carbocycles. The number of hydrogen-bond donors (Lipinski definition) is 0. The van der Waals surface area contributed by atoms with Crippen LogP contribution in [-0.2, 0) is 25.6 Å². The van der Waals surface area contributed by atoms with E-state index < -0.39 is 5.79 Å². The van der Waals surface area contributed by atoms with Crippen LogP contribution in [0.4, 0.5) is 0 Å². The van der Waals surface area contributed by atoms with Crippen molar-refractivity contribution in [2.24, 2.45) is 28.6 Å². The number of halogens is 1. The van der Waals surface area contributed by atoms with Crippen molar-refractivity contribution in [3.05, 3.63) is 46.1 Å². The predicted octanol–water partition coefficient (Wildman–Crippen LogP) is 5.23. The summed E-state index contributed by atoms with van der Waals surface area (Å²) in [7, 11) is 0. The molecule has 33 heavy (non-hydrogen) atoms. The number of ether oxygens (including phenoxy) is 2. The molecule has 4 fully saturated rings. The van der Waals surface area contributed by atoms with E-state index in [0.29, 0.717) is 50.2 Å². The second-order valence-electron chi connectivity index (χ2n) is 11.1. The highest BCUT2D eigenvalue weighted by Crippen LogP contribution is 2.67. The molecule has 1 aromatic carbocycles. The number of fused-ring (bicyclic) bond motifs is 6. The Morgan fingerprint density at radius 1 is 1.09 bits per heavy atom. The minimum Gasteiger partial charge on any atom is -0.347 e. The number of carbonyl (C=O) groups is 2. The van der Waals surface area contributed by atoms with Crippen molar-refractivity contribution in [1.82, 2.24) is 4.90 Å². The van der Waals surface area contributed by atoms with Crippen LogP contribution >= 0.6 is 15.9 Å². The van der Waals surface area contributed by atoms with E-state index in [1.54, 1.807) is 0 Å². The number of nitrogens with zero attached hydrogens (tertiary/aromatic N) is 1. The normalized spacial score (nSPS) is 39.3. The van der Waals surface area contributed by atoms with Gasteiger partial charge in [0.2, 0.25) is 5.91 Å². The first-order valence-electron chi connectivity index (χ1n) is 12.3. The van der Waals surface area contributed by atoms with E-state index >= 15 is 0 Å². The maximum Gasteiger partial charge on any atom is 0.227 e. The highest BCUT2D eigenvalue weighted by molar-refractivity contribution is 9.10. The summed E-state index contributed by atoms with van der Waals surface area (Å²) in [6, 6.07) is 8.16. The lowest BCUT2D eigenvalue weighted by Crippen LogP contribution is -2.60. The summed E-state index contributed by atoms with van der Waals surface area (Å²) < 4.78 is 13.4. The zero-order chi connectivity index (χ0) is 23.0. The molecule has 1 aromatic rings. The van der Waals surface area contributed by atoms with Gasteiger partial charge in [-0.25, -0.2) is 0 Å². The number of benzene rings is 1. The molecule has 3 aliphatic carbocycles. The van der Waals surface area contributed by atoms with Gasteiger partial charge in [0, 0.05) is 46.2 Å². The zero-order valence-corrected chi connectivity index (χ0v) is 21.0. The van der Waals surface area contributed by atoms with Crippen LogP contribution in [0.2, 0.25) is 0 Å². The molecular weight excluding hydrogens is 482 g/mol. The van der Waals surface area contributed by atoms with E-state index in [1.807, 2.05) is 17.0 Å². The highest BCUT2D eigenvalue weighted by atomic mass is 79.9. The fraction of sp³-hybridized carbons (Fsp3) is 0.630. The Morgan fingerprint density at radius 3 is 2.55 bits per heavy atom. The van der Waals surface area contributed by atoms with Gasteiger partial charge in [-0.15, -0.1) is 0 Å². The Balaban J connectivity index is 1.35. The fourth-order valence-electron chi connectivity index (χ4n) is 8.11. The van der Waals surface area contributed by atoms with Crippen LogP contribution in [-0.4, -0.2) is 35.6 Å². The van der Waals surface area contributed by atoms with Crippen molar-refractivity contribution in [3.8, 4) is 0 Å². The SMILES string of the molecule is CC12CCC(=O)N(Cc3ccc(Br)cc3)C1=CCC1[C@@H]2C(=O)C[C@@]2(C)[C@H]1CCC21OCCO1. The van der Waals surface area contributed by atoms with Gasteiger partial charge in [-0.2, -0.15) is 0 Å². The molecule has 5 nitrogen and oxygen atoms in total. The maximum absolute atomic E-state index is 13.9. The van der Waals surface area contributed by atoms with Crippen molar-refractivity contribution >= 4 is 27.6 Å². The van der Waals surface area contributed by atoms with Crippen LogP contribution in [0.5, 0.6) is 0 Å². The Bertz CT molecular complexity index is 1030. The monoisotopic (exact) mass is 513 g/mol. The van der Waals surface area contributed by atoms with E-state index in [0.717, 1.165) is 41.4 Å². The van der Waals surface area contributed by atoms with Crippen LogP contribution in [0.15, 0.2) is 40.5 Å². The van der Waals surface area contributed by atoms with E-state index in [4.69, 9.17) is 9.47 Å². The lowest BCUT2D eigenvalue weighted by atomic mass is 9.49. The Morgan fingerprint density at radius 2 is 1.82 bits per heavy atom. The Hall–Kier alpha value is -1.50. The van der Waals surface area contributed by atoms with Crippen molar-refractivity contribution in [2.75, 3.05) is 13.2 Å². The summed E-state index contributed by atoms with van der Waals surface area (Å²) in [4.78, 5) is 28.9. The summed E-state index contributed by atoms with van der Waals surface area (Å²) in [6.45, 7) is 6.28. The number of ketones is 1. The lowest BCUT2D eigenvalue weighted by Gasteiger charge is -2.58. The van der Waals surface area contributed by atoms with E-state index in [1.165, 1.54) is 0 Å². The second kappa shape index (κ2) is 7.50. The number of allylic oxidation sites excluding steroid dienone is 2. The van der Waals surface area contributed by atoms with Crippen LogP contribution < -0.4 is 0 Å². The second-order valence-corrected chi connectivity index (χ2v) is 12.1. The summed E-state index contributed by atoms with van der Waals surface area (Å²) >= 11 is 3.49. The molecule has 0 radical (unpaired) electrons. The molecule has 2 saturated heterocycles. The third kappa shape index (κ3) is 3.02. The summed E-state index contributed by atoms with van der Waals surface area (Å²) in [5, 5.41) is 0. The quantitative estimate of drug-likeness (QED) is 0.543. The first kappa shape index (κ1) is 22.0.